The number of ketones is 2. The minimum absolute atomic E-state index is 0.0223. The summed E-state index contributed by atoms with van der Waals surface area (Å²) in [7, 11) is 0. The number of rotatable bonds is 17. The standard InChI is InChI=1S/C25H38N4O5S/c1-18(15-30)13-20(16-31)25-29(11-12-35-25)23(24(34)19-7-3-2-4-8-19)22(33)14-27-28-21(17-32)9-5-6-10-26/h2-4,7-8,17-18,21,23,27-28,30-31H,5-6,9-16,26H2,1H3/b25-20+/t18?,21-,23?/m1/s1. The van der Waals surface area contributed by atoms with Crippen LogP contribution >= 0.6 is 11.8 Å². The summed E-state index contributed by atoms with van der Waals surface area (Å²) in [5.41, 5.74) is 12.3. The van der Waals surface area contributed by atoms with Crippen LogP contribution in [0, 0.1) is 5.92 Å². The highest BCUT2D eigenvalue weighted by Crippen LogP contribution is 2.35. The van der Waals surface area contributed by atoms with Crippen molar-refractivity contribution in [1.82, 2.24) is 15.8 Å². The number of nitrogens with zero attached hydrogens (tertiary/aromatic N) is 1. The maximum Gasteiger partial charge on any atom is 0.192 e. The largest absolute Gasteiger partial charge is 0.396 e. The van der Waals surface area contributed by atoms with Gasteiger partial charge in [-0.1, -0.05) is 43.7 Å². The first-order chi connectivity index (χ1) is 17.0. The smallest absolute Gasteiger partial charge is 0.192 e. The van der Waals surface area contributed by atoms with Crippen molar-refractivity contribution in [1.29, 1.82) is 0 Å². The van der Waals surface area contributed by atoms with E-state index in [1.165, 1.54) is 11.8 Å². The number of aliphatic hydroxyl groups is 2. The van der Waals surface area contributed by atoms with E-state index in [0.717, 1.165) is 24.2 Å². The van der Waals surface area contributed by atoms with Gasteiger partial charge in [-0.05, 0) is 37.3 Å². The monoisotopic (exact) mass is 506 g/mol. The molecule has 0 bridgehead atoms. The third kappa shape index (κ3) is 8.82. The zero-order valence-electron chi connectivity index (χ0n) is 20.3. The lowest BCUT2D eigenvalue weighted by molar-refractivity contribution is -0.121. The van der Waals surface area contributed by atoms with Gasteiger partial charge in [-0.15, -0.1) is 11.8 Å². The first-order valence-electron chi connectivity index (χ1n) is 12.1. The average Bonchev–Trinajstić information content (AvgIpc) is 3.35. The van der Waals surface area contributed by atoms with E-state index in [1.807, 2.05) is 6.92 Å². The van der Waals surface area contributed by atoms with E-state index < -0.39 is 12.1 Å². The molecule has 1 aliphatic rings. The zero-order valence-corrected chi connectivity index (χ0v) is 21.1. The Balaban J connectivity index is 2.24. The van der Waals surface area contributed by atoms with Crippen LogP contribution in [-0.2, 0) is 9.59 Å². The van der Waals surface area contributed by atoms with Crippen molar-refractivity contribution >= 4 is 29.6 Å². The van der Waals surface area contributed by atoms with Crippen molar-refractivity contribution in [2.75, 3.05) is 38.6 Å². The molecule has 1 saturated heterocycles. The van der Waals surface area contributed by atoms with Crippen molar-refractivity contribution in [2.24, 2.45) is 11.7 Å². The third-order valence-corrected chi connectivity index (χ3v) is 7.02. The number of carbonyl (C=O) groups is 3. The Morgan fingerprint density at radius 2 is 1.97 bits per heavy atom. The molecule has 35 heavy (non-hydrogen) atoms. The number of hydrogen-bond acceptors (Lipinski definition) is 10. The predicted molar refractivity (Wildman–Crippen MR) is 138 cm³/mol. The van der Waals surface area contributed by atoms with E-state index in [4.69, 9.17) is 5.73 Å². The second kappa shape index (κ2) is 15.8. The first-order valence-corrected chi connectivity index (χ1v) is 13.0. The van der Waals surface area contributed by atoms with Gasteiger partial charge >= 0.3 is 0 Å². The van der Waals surface area contributed by atoms with E-state index in [-0.39, 0.29) is 37.2 Å². The molecule has 1 aromatic carbocycles. The molecule has 0 aromatic heterocycles. The molecular formula is C25H38N4O5S. The van der Waals surface area contributed by atoms with Gasteiger partial charge in [0.05, 0.1) is 24.2 Å². The van der Waals surface area contributed by atoms with Crippen LogP contribution in [0.4, 0.5) is 0 Å². The Morgan fingerprint density at radius 3 is 2.60 bits per heavy atom. The summed E-state index contributed by atoms with van der Waals surface area (Å²) in [4.78, 5) is 40.0. The first kappa shape index (κ1) is 29.2. The van der Waals surface area contributed by atoms with E-state index in [9.17, 15) is 24.6 Å². The van der Waals surface area contributed by atoms with Crippen molar-refractivity contribution in [3.05, 3.63) is 46.5 Å². The minimum atomic E-state index is -1.07. The van der Waals surface area contributed by atoms with Crippen molar-refractivity contribution in [2.45, 2.75) is 44.7 Å². The number of nitrogens with two attached hydrogens (primary N) is 1. The Labute approximate surface area is 211 Å². The Morgan fingerprint density at radius 1 is 1.23 bits per heavy atom. The lowest BCUT2D eigenvalue weighted by Crippen LogP contribution is -2.51. The molecule has 0 aliphatic carbocycles. The van der Waals surface area contributed by atoms with Gasteiger partial charge in [0.25, 0.3) is 0 Å². The van der Waals surface area contributed by atoms with Gasteiger partial charge in [0.15, 0.2) is 17.6 Å². The fourth-order valence-corrected chi connectivity index (χ4v) is 5.15. The van der Waals surface area contributed by atoms with Crippen LogP contribution in [0.15, 0.2) is 40.9 Å². The van der Waals surface area contributed by atoms with Crippen LogP contribution in [0.1, 0.15) is 43.0 Å². The summed E-state index contributed by atoms with van der Waals surface area (Å²) in [5, 5.41) is 20.2. The topological polar surface area (TPSA) is 145 Å². The summed E-state index contributed by atoms with van der Waals surface area (Å²) in [6, 6.07) is 7.14. The second-order valence-electron chi connectivity index (χ2n) is 8.72. The Hall–Kier alpha value is -2.08. The summed E-state index contributed by atoms with van der Waals surface area (Å²) in [5.74, 6) is -0.0413. The average molecular weight is 507 g/mol. The number of nitrogens with one attached hydrogen (secondary N) is 2. The quantitative estimate of drug-likeness (QED) is 0.0678. The Bertz CT molecular complexity index is 852. The highest BCUT2D eigenvalue weighted by atomic mass is 32.2. The van der Waals surface area contributed by atoms with Crippen LogP contribution in [0.3, 0.4) is 0 Å². The molecule has 6 N–H and O–H groups in total. The van der Waals surface area contributed by atoms with Crippen LogP contribution in [-0.4, -0.2) is 83.7 Å². The molecule has 1 fully saturated rings. The number of unbranched alkanes of at least 4 members (excludes halogenated alkanes) is 1. The van der Waals surface area contributed by atoms with Crippen molar-refractivity contribution < 1.29 is 24.6 Å². The van der Waals surface area contributed by atoms with Gasteiger partial charge in [-0.25, -0.2) is 10.9 Å². The summed E-state index contributed by atoms with van der Waals surface area (Å²) in [6.45, 7) is 2.52. The summed E-state index contributed by atoms with van der Waals surface area (Å²) < 4.78 is 0. The van der Waals surface area contributed by atoms with Crippen LogP contribution in [0.25, 0.3) is 0 Å². The summed E-state index contributed by atoms with van der Waals surface area (Å²) in [6.07, 6.45) is 3.44. The van der Waals surface area contributed by atoms with Gasteiger partial charge < -0.3 is 25.6 Å². The number of benzene rings is 1. The molecule has 0 spiro atoms. The number of Topliss-reactive ketones (excluding diaryl/α,β-unsaturated/α-hetero) is 2. The lowest BCUT2D eigenvalue weighted by atomic mass is 9.98. The SMILES string of the molecule is CC(CO)C/C(CO)=C1\SCCN1C(C(=O)CNN[C@@H](C=O)CCCCN)C(=O)c1ccccc1. The molecule has 10 heteroatoms. The van der Waals surface area contributed by atoms with Gasteiger partial charge in [-0.2, -0.15) is 0 Å². The number of aliphatic hydroxyl groups excluding tert-OH is 2. The fourth-order valence-electron chi connectivity index (χ4n) is 3.95. The van der Waals surface area contributed by atoms with E-state index in [0.29, 0.717) is 42.8 Å². The summed E-state index contributed by atoms with van der Waals surface area (Å²) >= 11 is 1.50. The molecule has 194 valence electrons. The van der Waals surface area contributed by atoms with Gasteiger partial charge in [0.2, 0.25) is 0 Å². The second-order valence-corrected chi connectivity index (χ2v) is 9.81. The lowest BCUT2D eigenvalue weighted by Gasteiger charge is -2.30. The number of carbonyl (C=O) groups excluding carboxylic acids is 3. The molecule has 0 amide bonds. The number of aldehydes is 1. The van der Waals surface area contributed by atoms with E-state index in [2.05, 4.69) is 10.9 Å². The Kier molecular flexibility index (Phi) is 13.2. The highest BCUT2D eigenvalue weighted by molar-refractivity contribution is 8.03. The zero-order chi connectivity index (χ0) is 25.6. The van der Waals surface area contributed by atoms with E-state index >= 15 is 0 Å². The molecule has 1 heterocycles. The normalized spacial score (nSPS) is 17.7. The third-order valence-electron chi connectivity index (χ3n) is 5.84. The molecule has 0 radical (unpaired) electrons. The van der Waals surface area contributed by atoms with Crippen molar-refractivity contribution in [3.63, 3.8) is 0 Å². The minimum Gasteiger partial charge on any atom is -0.396 e. The maximum atomic E-state index is 13.5. The molecule has 0 saturated carbocycles. The van der Waals surface area contributed by atoms with E-state index in [1.54, 1.807) is 35.2 Å². The van der Waals surface area contributed by atoms with Gasteiger partial charge in [0.1, 0.15) is 6.29 Å². The molecule has 1 aromatic rings. The molecule has 2 rings (SSSR count). The maximum absolute atomic E-state index is 13.5. The van der Waals surface area contributed by atoms with Crippen LogP contribution < -0.4 is 16.6 Å². The van der Waals surface area contributed by atoms with Gasteiger partial charge in [0, 0.05) is 24.5 Å². The van der Waals surface area contributed by atoms with Gasteiger partial charge in [-0.3, -0.25) is 9.59 Å². The molecule has 9 nitrogen and oxygen atoms in total. The predicted octanol–water partition coefficient (Wildman–Crippen LogP) is 0.869. The number of thioether (sulfide) groups is 1. The molecule has 1 aliphatic heterocycles. The van der Waals surface area contributed by atoms with Crippen LogP contribution in [0.5, 0.6) is 0 Å². The number of hydrazine groups is 1. The molecule has 2 unspecified atom stereocenters. The van der Waals surface area contributed by atoms with Crippen molar-refractivity contribution in [3.8, 4) is 0 Å². The highest BCUT2D eigenvalue weighted by Gasteiger charge is 2.38. The number of hydrogen-bond donors (Lipinski definition) is 5. The van der Waals surface area contributed by atoms with Crippen LogP contribution in [0.2, 0.25) is 0 Å². The molecule has 3 atom stereocenters. The molecular weight excluding hydrogens is 468 g/mol. The fraction of sp³-hybridized carbons (Fsp3) is 0.560.